The summed E-state index contributed by atoms with van der Waals surface area (Å²) in [5, 5.41) is 17.9. The number of pyridine rings is 2. The van der Waals surface area contributed by atoms with Crippen LogP contribution in [-0.2, 0) is 11.3 Å². The fraction of sp³-hybridized carbons (Fsp3) is 0.400. The topological polar surface area (TPSA) is 99.6 Å². The van der Waals surface area contributed by atoms with Gasteiger partial charge in [-0.3, -0.25) is 9.69 Å². The molecule has 0 saturated carbocycles. The monoisotopic (exact) mass is 569 g/mol. The van der Waals surface area contributed by atoms with Crippen LogP contribution in [0.4, 0.5) is 10.2 Å². The van der Waals surface area contributed by atoms with Gasteiger partial charge in [0.15, 0.2) is 0 Å². The molecule has 1 fully saturated rings. The van der Waals surface area contributed by atoms with E-state index in [1.807, 2.05) is 41.3 Å². The van der Waals surface area contributed by atoms with Crippen molar-refractivity contribution in [3.63, 3.8) is 0 Å². The van der Waals surface area contributed by atoms with E-state index in [4.69, 9.17) is 4.74 Å². The Balaban J connectivity index is 0.00000190. The molecular weight excluding hydrogens is 540 g/mol. The van der Waals surface area contributed by atoms with Gasteiger partial charge in [-0.2, -0.15) is 0 Å². The molecule has 5 rings (SSSR count). The van der Waals surface area contributed by atoms with E-state index in [9.17, 15) is 9.90 Å². The lowest BCUT2D eigenvalue weighted by Gasteiger charge is -2.36. The fourth-order valence-electron chi connectivity index (χ4n) is 4.58. The molecule has 2 aliphatic rings. The lowest BCUT2D eigenvalue weighted by atomic mass is 10.0. The van der Waals surface area contributed by atoms with Crippen LogP contribution in [0.3, 0.4) is 0 Å². The van der Waals surface area contributed by atoms with E-state index in [0.717, 1.165) is 16.0 Å². The number of likely N-dealkylation sites (tertiary alicyclic amines) is 1. The summed E-state index contributed by atoms with van der Waals surface area (Å²) >= 11 is 1.47. The number of piperidine rings is 1. The van der Waals surface area contributed by atoms with Crippen LogP contribution < -0.4 is 15.4 Å². The second-order valence-electron chi connectivity index (χ2n) is 8.83. The summed E-state index contributed by atoms with van der Waals surface area (Å²) in [7, 11) is 1.56. The van der Waals surface area contributed by atoms with E-state index in [1.54, 1.807) is 13.2 Å². The maximum atomic E-state index is 15.0. The third-order valence-corrected chi connectivity index (χ3v) is 7.48. The van der Waals surface area contributed by atoms with Gasteiger partial charge in [-0.15, -0.1) is 36.6 Å². The largest absolute Gasteiger partial charge is 0.481 e. The predicted octanol–water partition coefficient (Wildman–Crippen LogP) is 3.76. The number of benzene rings is 1. The van der Waals surface area contributed by atoms with Crippen LogP contribution in [0.25, 0.3) is 10.9 Å². The number of aromatic nitrogens is 2. The maximum Gasteiger partial charge on any atom is 0.235 e. The normalized spacial score (nSPS) is 20.2. The van der Waals surface area contributed by atoms with Crippen molar-refractivity contribution in [1.82, 2.24) is 20.2 Å². The van der Waals surface area contributed by atoms with Gasteiger partial charge in [-0.05, 0) is 31.2 Å². The SMILES string of the molecule is COc1ccc2cccc([C@H](O)CN3CC[C@H](NCc4ccc5c(n4)NC(=O)CS5)[C@@H](F)C3)c2n1.Cl.Cl. The summed E-state index contributed by atoms with van der Waals surface area (Å²) in [6, 6.07) is 12.9. The molecule has 0 spiro atoms. The number of thioether (sulfide) groups is 1. The van der Waals surface area contributed by atoms with Gasteiger partial charge in [0, 0.05) is 42.7 Å². The zero-order chi connectivity index (χ0) is 24.4. The smallest absolute Gasteiger partial charge is 0.235 e. The quantitative estimate of drug-likeness (QED) is 0.395. The first-order chi connectivity index (χ1) is 17.0. The van der Waals surface area contributed by atoms with E-state index in [0.29, 0.717) is 54.6 Å². The number of methoxy groups -OCH3 is 1. The van der Waals surface area contributed by atoms with Crippen LogP contribution in [0, 0.1) is 0 Å². The minimum Gasteiger partial charge on any atom is -0.481 e. The number of rotatable bonds is 7. The highest BCUT2D eigenvalue weighted by Gasteiger charge is 2.30. The first-order valence-electron chi connectivity index (χ1n) is 11.6. The molecule has 3 atom stereocenters. The molecule has 3 aromatic rings. The fourth-order valence-corrected chi connectivity index (χ4v) is 5.34. The number of aliphatic hydroxyl groups excluding tert-OH is 1. The van der Waals surface area contributed by atoms with Crippen molar-refractivity contribution in [2.75, 3.05) is 37.8 Å². The van der Waals surface area contributed by atoms with E-state index < -0.39 is 12.3 Å². The summed E-state index contributed by atoms with van der Waals surface area (Å²) in [4.78, 5) is 23.5. The zero-order valence-corrected chi connectivity index (χ0v) is 22.7. The number of para-hydroxylation sites is 1. The average molecular weight is 571 g/mol. The summed E-state index contributed by atoms with van der Waals surface area (Å²) < 4.78 is 20.3. The summed E-state index contributed by atoms with van der Waals surface area (Å²) in [6.45, 7) is 1.65. The second kappa shape index (κ2) is 13.0. The molecule has 1 aromatic carbocycles. The van der Waals surface area contributed by atoms with Gasteiger partial charge in [0.2, 0.25) is 11.8 Å². The molecule has 200 valence electrons. The number of carbonyl (C=O) groups is 1. The summed E-state index contributed by atoms with van der Waals surface area (Å²) in [5.41, 5.74) is 2.16. The van der Waals surface area contributed by atoms with Gasteiger partial charge in [-0.25, -0.2) is 14.4 Å². The molecule has 2 aliphatic heterocycles. The van der Waals surface area contributed by atoms with Gasteiger partial charge in [0.25, 0.3) is 0 Å². The number of aliphatic hydroxyl groups is 1. The van der Waals surface area contributed by atoms with Crippen molar-refractivity contribution < 1.29 is 19.0 Å². The second-order valence-corrected chi connectivity index (χ2v) is 9.84. The lowest BCUT2D eigenvalue weighted by molar-refractivity contribution is -0.113. The molecule has 1 saturated heterocycles. The zero-order valence-electron chi connectivity index (χ0n) is 20.2. The molecule has 0 aliphatic carbocycles. The number of anilines is 1. The van der Waals surface area contributed by atoms with Gasteiger partial charge < -0.3 is 20.5 Å². The van der Waals surface area contributed by atoms with Crippen LogP contribution in [-0.4, -0.2) is 70.6 Å². The summed E-state index contributed by atoms with van der Waals surface area (Å²) in [5.74, 6) is 1.40. The van der Waals surface area contributed by atoms with Crippen molar-refractivity contribution >= 4 is 59.2 Å². The van der Waals surface area contributed by atoms with Crippen LogP contribution >= 0.6 is 36.6 Å². The molecule has 37 heavy (non-hydrogen) atoms. The van der Waals surface area contributed by atoms with Crippen molar-refractivity contribution in [1.29, 1.82) is 0 Å². The number of alkyl halides is 1. The number of carbonyl (C=O) groups excluding carboxylic acids is 1. The number of β-amino-alcohol motifs (C(OH)–C–C–N with tert-alkyl or cyclic N) is 1. The van der Waals surface area contributed by atoms with E-state index in [1.165, 1.54) is 11.8 Å². The van der Waals surface area contributed by atoms with Crippen molar-refractivity contribution in [2.45, 2.75) is 36.2 Å². The van der Waals surface area contributed by atoms with Crippen LogP contribution in [0.1, 0.15) is 23.8 Å². The number of nitrogens with zero attached hydrogens (tertiary/aromatic N) is 3. The Morgan fingerprint density at radius 2 is 2.08 bits per heavy atom. The lowest BCUT2D eigenvalue weighted by Crippen LogP contribution is -2.51. The van der Waals surface area contributed by atoms with E-state index in [-0.39, 0.29) is 43.3 Å². The number of amides is 1. The van der Waals surface area contributed by atoms with Gasteiger partial charge in [0.05, 0.1) is 35.1 Å². The van der Waals surface area contributed by atoms with Crippen molar-refractivity contribution in [2.24, 2.45) is 0 Å². The molecule has 4 heterocycles. The molecular formula is C25H30Cl2FN5O3S. The third kappa shape index (κ3) is 6.81. The molecule has 2 aromatic heterocycles. The minimum atomic E-state index is -1.07. The number of hydrogen-bond acceptors (Lipinski definition) is 8. The van der Waals surface area contributed by atoms with Crippen LogP contribution in [0.5, 0.6) is 5.88 Å². The molecule has 8 nitrogen and oxygen atoms in total. The first kappa shape index (κ1) is 29.3. The Morgan fingerprint density at radius 1 is 1.24 bits per heavy atom. The molecule has 0 unspecified atom stereocenters. The predicted molar refractivity (Wildman–Crippen MR) is 148 cm³/mol. The van der Waals surface area contributed by atoms with Crippen LogP contribution in [0.15, 0.2) is 47.4 Å². The summed E-state index contributed by atoms with van der Waals surface area (Å²) in [6.07, 6.45) is -1.25. The molecule has 1 amide bonds. The van der Waals surface area contributed by atoms with Crippen LogP contribution in [0.2, 0.25) is 0 Å². The van der Waals surface area contributed by atoms with Gasteiger partial charge in [0.1, 0.15) is 12.0 Å². The standard InChI is InChI=1S/C25H28FN5O3S.2ClH/c1-34-23-8-5-15-3-2-4-17(24(15)30-23)20(32)13-31-10-9-19(18(26)12-31)27-11-16-6-7-21-25(28-16)29-22(33)14-35-21;;/h2-8,18-20,27,32H,9-14H2,1H3,(H,28,29,33);2*1H/t18-,19-,20+;;/m0../s1. The third-order valence-electron chi connectivity index (χ3n) is 6.43. The number of hydrogen-bond donors (Lipinski definition) is 3. The Bertz CT molecular complexity index is 1240. The van der Waals surface area contributed by atoms with E-state index in [2.05, 4.69) is 20.6 Å². The average Bonchev–Trinajstić information content (AvgIpc) is 2.87. The van der Waals surface area contributed by atoms with Crippen molar-refractivity contribution in [3.8, 4) is 5.88 Å². The minimum absolute atomic E-state index is 0. The number of halogens is 3. The Hall–Kier alpha value is -2.21. The maximum absolute atomic E-state index is 15.0. The molecule has 12 heteroatoms. The Labute approximate surface area is 231 Å². The van der Waals surface area contributed by atoms with Gasteiger partial charge >= 0.3 is 0 Å². The highest BCUT2D eigenvalue weighted by molar-refractivity contribution is 8.00. The highest BCUT2D eigenvalue weighted by atomic mass is 35.5. The highest BCUT2D eigenvalue weighted by Crippen LogP contribution is 2.30. The number of ether oxygens (including phenoxy) is 1. The Kier molecular flexibility index (Phi) is 10.3. The molecule has 0 bridgehead atoms. The van der Waals surface area contributed by atoms with Gasteiger partial charge in [-0.1, -0.05) is 18.2 Å². The molecule has 0 radical (unpaired) electrons. The number of nitrogens with one attached hydrogen (secondary N) is 2. The molecule has 3 N–H and O–H groups in total. The van der Waals surface area contributed by atoms with Crippen molar-refractivity contribution in [3.05, 3.63) is 53.7 Å². The van der Waals surface area contributed by atoms with E-state index >= 15 is 4.39 Å². The first-order valence-corrected chi connectivity index (χ1v) is 12.6. The number of fused-ring (bicyclic) bond motifs is 2. The Morgan fingerprint density at radius 3 is 2.86 bits per heavy atom.